The maximum atomic E-state index is 13.3. The zero-order valence-corrected chi connectivity index (χ0v) is 19.9. The van der Waals surface area contributed by atoms with Crippen molar-refractivity contribution in [2.45, 2.75) is 76.3 Å². The number of imidazole rings is 1. The number of carbonyl (C=O) groups is 2. The van der Waals surface area contributed by atoms with Crippen molar-refractivity contribution in [2.24, 2.45) is 5.92 Å². The summed E-state index contributed by atoms with van der Waals surface area (Å²) in [7, 11) is 1.31. The van der Waals surface area contributed by atoms with E-state index in [1.807, 2.05) is 24.9 Å². The van der Waals surface area contributed by atoms with E-state index in [2.05, 4.69) is 40.6 Å². The molecule has 0 spiro atoms. The number of aromatic amines is 1. The summed E-state index contributed by atoms with van der Waals surface area (Å²) in [6, 6.07) is 10.1. The lowest BCUT2D eigenvalue weighted by molar-refractivity contribution is -0.135. The Morgan fingerprint density at radius 2 is 1.79 bits per heavy atom. The molecule has 2 atom stereocenters. The van der Waals surface area contributed by atoms with Crippen LogP contribution in [0.4, 0.5) is 4.79 Å². The van der Waals surface area contributed by atoms with Crippen LogP contribution in [-0.4, -0.2) is 46.6 Å². The summed E-state index contributed by atoms with van der Waals surface area (Å²) in [5.41, 5.74) is 2.63. The largest absolute Gasteiger partial charge is 0.453 e. The second-order valence-electron chi connectivity index (χ2n) is 9.73. The highest BCUT2D eigenvalue weighted by atomic mass is 16.5. The molecule has 7 nitrogen and oxygen atoms in total. The van der Waals surface area contributed by atoms with Gasteiger partial charge in [-0.1, -0.05) is 44.2 Å². The van der Waals surface area contributed by atoms with E-state index in [1.54, 1.807) is 0 Å². The Morgan fingerprint density at radius 1 is 1.09 bits per heavy atom. The third-order valence-electron chi connectivity index (χ3n) is 7.30. The number of hydrogen-bond acceptors (Lipinski definition) is 4. The van der Waals surface area contributed by atoms with E-state index >= 15 is 0 Å². The van der Waals surface area contributed by atoms with Gasteiger partial charge >= 0.3 is 6.09 Å². The molecule has 2 aromatic rings. The molecular formula is C26H36N4O3. The number of ether oxygens (including phenoxy) is 1. The van der Waals surface area contributed by atoms with Gasteiger partial charge in [-0.2, -0.15) is 0 Å². The fourth-order valence-corrected chi connectivity index (χ4v) is 5.38. The molecule has 1 saturated carbocycles. The number of benzene rings is 1. The first-order chi connectivity index (χ1) is 16.0. The van der Waals surface area contributed by atoms with Gasteiger partial charge in [0, 0.05) is 24.4 Å². The van der Waals surface area contributed by atoms with Gasteiger partial charge < -0.3 is 19.9 Å². The van der Waals surface area contributed by atoms with Crippen molar-refractivity contribution in [2.75, 3.05) is 13.7 Å². The monoisotopic (exact) mass is 452 g/mol. The highest BCUT2D eigenvalue weighted by Gasteiger charge is 2.37. The molecule has 1 aromatic heterocycles. The summed E-state index contributed by atoms with van der Waals surface area (Å²) in [6.07, 6.45) is 7.86. The Bertz CT molecular complexity index is 934. The zero-order chi connectivity index (χ0) is 23.4. The topological polar surface area (TPSA) is 87.3 Å². The SMILES string of the molecule is COC(=O)N[C@@H](C(=O)N1CCC[C@@H]1c1ncc(C2CCC(c3ccccc3)CC2)[nH]1)C(C)C. The van der Waals surface area contributed by atoms with Crippen LogP contribution >= 0.6 is 0 Å². The first-order valence-electron chi connectivity index (χ1n) is 12.2. The molecule has 1 aliphatic heterocycles. The third kappa shape index (κ3) is 5.23. The smallest absolute Gasteiger partial charge is 0.407 e. The lowest BCUT2D eigenvalue weighted by Crippen LogP contribution is -2.51. The Labute approximate surface area is 196 Å². The molecule has 2 amide bonds. The number of nitrogens with one attached hydrogen (secondary N) is 2. The number of rotatable bonds is 6. The van der Waals surface area contributed by atoms with E-state index in [1.165, 1.54) is 31.2 Å². The van der Waals surface area contributed by atoms with Crippen LogP contribution in [0.3, 0.4) is 0 Å². The third-order valence-corrected chi connectivity index (χ3v) is 7.30. The number of amides is 2. The van der Waals surface area contributed by atoms with Gasteiger partial charge in [-0.3, -0.25) is 4.79 Å². The van der Waals surface area contributed by atoms with Crippen LogP contribution in [0.2, 0.25) is 0 Å². The van der Waals surface area contributed by atoms with Crippen LogP contribution in [0.25, 0.3) is 0 Å². The summed E-state index contributed by atoms with van der Waals surface area (Å²) in [5, 5.41) is 2.71. The number of hydrogen-bond donors (Lipinski definition) is 2. The molecule has 2 aliphatic rings. The van der Waals surface area contributed by atoms with Gasteiger partial charge in [-0.25, -0.2) is 9.78 Å². The van der Waals surface area contributed by atoms with Gasteiger partial charge in [-0.05, 0) is 55.9 Å². The minimum atomic E-state index is -0.610. The highest BCUT2D eigenvalue weighted by molar-refractivity contribution is 5.86. The first-order valence-corrected chi connectivity index (χ1v) is 12.2. The van der Waals surface area contributed by atoms with Crippen molar-refractivity contribution < 1.29 is 14.3 Å². The summed E-state index contributed by atoms with van der Waals surface area (Å²) in [6.45, 7) is 4.54. The molecule has 1 aliphatic carbocycles. The lowest BCUT2D eigenvalue weighted by Gasteiger charge is -2.30. The zero-order valence-electron chi connectivity index (χ0n) is 19.9. The van der Waals surface area contributed by atoms with Crippen molar-refractivity contribution in [1.82, 2.24) is 20.2 Å². The van der Waals surface area contributed by atoms with Gasteiger partial charge in [0.25, 0.3) is 0 Å². The molecule has 4 rings (SSSR count). The number of nitrogens with zero attached hydrogens (tertiary/aromatic N) is 2. The molecule has 1 saturated heterocycles. The highest BCUT2D eigenvalue weighted by Crippen LogP contribution is 2.40. The van der Waals surface area contributed by atoms with E-state index < -0.39 is 12.1 Å². The molecule has 2 N–H and O–H groups in total. The van der Waals surface area contributed by atoms with Crippen molar-refractivity contribution >= 4 is 12.0 Å². The molecule has 33 heavy (non-hydrogen) atoms. The summed E-state index contributed by atoms with van der Waals surface area (Å²) < 4.78 is 4.72. The fourth-order valence-electron chi connectivity index (χ4n) is 5.38. The second kappa shape index (κ2) is 10.4. The number of methoxy groups -OCH3 is 1. The fraction of sp³-hybridized carbons (Fsp3) is 0.577. The molecule has 178 valence electrons. The van der Waals surface area contributed by atoms with Crippen LogP contribution in [0.1, 0.15) is 87.3 Å². The van der Waals surface area contributed by atoms with Crippen molar-refractivity contribution in [1.29, 1.82) is 0 Å². The van der Waals surface area contributed by atoms with Gasteiger partial charge in [0.2, 0.25) is 5.91 Å². The number of likely N-dealkylation sites (tertiary alicyclic amines) is 1. The molecule has 7 heteroatoms. The number of H-pyrrole nitrogens is 1. The van der Waals surface area contributed by atoms with E-state index in [0.29, 0.717) is 18.4 Å². The molecule has 1 aromatic carbocycles. The Kier molecular flexibility index (Phi) is 7.36. The first kappa shape index (κ1) is 23.3. The predicted octanol–water partition coefficient (Wildman–Crippen LogP) is 4.90. The van der Waals surface area contributed by atoms with Gasteiger partial charge in [0.05, 0.1) is 13.2 Å². The summed E-state index contributed by atoms with van der Waals surface area (Å²) in [5.74, 6) is 1.88. The van der Waals surface area contributed by atoms with Crippen LogP contribution in [-0.2, 0) is 9.53 Å². The molecular weight excluding hydrogens is 416 g/mol. The lowest BCUT2D eigenvalue weighted by atomic mass is 9.78. The standard InChI is InChI=1S/C26H36N4O3/c1-17(2)23(29-26(32)33-3)25(31)30-15-7-10-22(30)24-27-16-21(28-24)20-13-11-19(12-14-20)18-8-5-4-6-9-18/h4-6,8-9,16-17,19-20,22-23H,7,10-15H2,1-3H3,(H,27,28)(H,29,32)/t19?,20?,22-,23-/m1/s1. The van der Waals surface area contributed by atoms with E-state index in [-0.39, 0.29) is 17.9 Å². The minimum absolute atomic E-state index is 0.0372. The number of alkyl carbamates (subject to hydrolysis) is 1. The van der Waals surface area contributed by atoms with Crippen LogP contribution in [0.15, 0.2) is 36.5 Å². The minimum Gasteiger partial charge on any atom is -0.453 e. The van der Waals surface area contributed by atoms with Crippen molar-refractivity contribution in [3.63, 3.8) is 0 Å². The quantitative estimate of drug-likeness (QED) is 0.653. The average molecular weight is 453 g/mol. The van der Waals surface area contributed by atoms with Crippen LogP contribution in [0, 0.1) is 5.92 Å². The Balaban J connectivity index is 1.41. The molecule has 0 unspecified atom stereocenters. The van der Waals surface area contributed by atoms with Crippen LogP contribution in [0.5, 0.6) is 0 Å². The maximum absolute atomic E-state index is 13.3. The summed E-state index contributed by atoms with van der Waals surface area (Å²) >= 11 is 0. The molecule has 0 bridgehead atoms. The van der Waals surface area contributed by atoms with Gasteiger partial charge in [-0.15, -0.1) is 0 Å². The van der Waals surface area contributed by atoms with E-state index in [4.69, 9.17) is 9.72 Å². The van der Waals surface area contributed by atoms with Crippen molar-refractivity contribution in [3.8, 4) is 0 Å². The molecule has 2 fully saturated rings. The normalized spacial score (nSPS) is 24.0. The molecule has 2 heterocycles. The second-order valence-corrected chi connectivity index (χ2v) is 9.73. The van der Waals surface area contributed by atoms with Crippen LogP contribution < -0.4 is 5.32 Å². The van der Waals surface area contributed by atoms with Gasteiger partial charge in [0.1, 0.15) is 11.9 Å². The van der Waals surface area contributed by atoms with Gasteiger partial charge in [0.15, 0.2) is 0 Å². The van der Waals surface area contributed by atoms with E-state index in [0.717, 1.165) is 31.5 Å². The maximum Gasteiger partial charge on any atom is 0.407 e. The summed E-state index contributed by atoms with van der Waals surface area (Å²) in [4.78, 5) is 35.2. The Hall–Kier alpha value is -2.83. The predicted molar refractivity (Wildman–Crippen MR) is 127 cm³/mol. The number of carbonyl (C=O) groups excluding carboxylic acids is 2. The Morgan fingerprint density at radius 3 is 2.45 bits per heavy atom. The number of aromatic nitrogens is 2. The van der Waals surface area contributed by atoms with E-state index in [9.17, 15) is 9.59 Å². The van der Waals surface area contributed by atoms with Crippen molar-refractivity contribution in [3.05, 3.63) is 53.6 Å². The molecule has 0 radical (unpaired) electrons. The average Bonchev–Trinajstić information content (AvgIpc) is 3.52.